The number of hydrogen-bond donors (Lipinski definition) is 1. The van der Waals surface area contributed by atoms with Gasteiger partial charge in [-0.2, -0.15) is 0 Å². The van der Waals surface area contributed by atoms with E-state index in [-0.39, 0.29) is 5.57 Å². The zero-order valence-corrected chi connectivity index (χ0v) is 19.2. The molecule has 0 unspecified atom stereocenters. The third kappa shape index (κ3) is 8.57. The van der Waals surface area contributed by atoms with Gasteiger partial charge in [0, 0.05) is 5.57 Å². The van der Waals surface area contributed by atoms with E-state index in [2.05, 4.69) is 97.6 Å². The summed E-state index contributed by atoms with van der Waals surface area (Å²) < 4.78 is 3.98. The zero-order chi connectivity index (χ0) is 20.2. The number of carboxylic acids is 1. The fraction of sp³-hybridized carbons (Fsp3) is 0.160. The van der Waals surface area contributed by atoms with Crippen molar-refractivity contribution in [1.82, 2.24) is 0 Å². The second kappa shape index (κ2) is 12.2. The van der Waals surface area contributed by atoms with E-state index >= 15 is 0 Å². The van der Waals surface area contributed by atoms with Gasteiger partial charge in [0.15, 0.2) is 0 Å². The molecule has 0 aromatic heterocycles. The van der Waals surface area contributed by atoms with E-state index < -0.39 is 25.7 Å². The van der Waals surface area contributed by atoms with E-state index in [4.69, 9.17) is 5.11 Å². The van der Waals surface area contributed by atoms with Crippen molar-refractivity contribution in [1.29, 1.82) is 0 Å². The predicted molar refractivity (Wildman–Crippen MR) is 119 cm³/mol. The molecule has 0 amide bonds. The molecule has 143 valence electrons. The van der Waals surface area contributed by atoms with Crippen LogP contribution in [-0.2, 0) is 18.1 Å². The molecule has 0 aliphatic heterocycles. The Morgan fingerprint density at radius 1 is 0.714 bits per heavy atom. The molecule has 0 fully saturated rings. The summed E-state index contributed by atoms with van der Waals surface area (Å²) in [6.45, 7) is 4.60. The van der Waals surface area contributed by atoms with Crippen LogP contribution in [0.25, 0.3) is 0 Å². The predicted octanol–water partition coefficient (Wildman–Crippen LogP) is 5.47. The van der Waals surface area contributed by atoms with Crippen molar-refractivity contribution >= 4 is 25.7 Å². The molecule has 2 nitrogen and oxygen atoms in total. The van der Waals surface area contributed by atoms with Crippen molar-refractivity contribution in [2.45, 2.75) is 20.2 Å². The summed E-state index contributed by atoms with van der Waals surface area (Å²) in [7, 11) is 0. The van der Waals surface area contributed by atoms with Gasteiger partial charge in [0.05, 0.1) is 0 Å². The molecule has 28 heavy (non-hydrogen) atoms. The monoisotopic (exact) mass is 479 g/mol. The number of carbonyl (C=O) groups is 1. The van der Waals surface area contributed by atoms with Crippen molar-refractivity contribution in [2.75, 3.05) is 0 Å². The normalized spacial score (nSPS) is 10.1. The fourth-order valence-electron chi connectivity index (χ4n) is 2.84. The number of carboxylic acid groups (broad SMARTS) is 1. The first-order valence-corrected chi connectivity index (χ1v) is 15.4. The Balaban J connectivity index is 0.000000409. The van der Waals surface area contributed by atoms with Gasteiger partial charge in [-0.1, -0.05) is 6.58 Å². The molecule has 3 rings (SSSR count). The number of rotatable bonds is 7. The molecule has 1 N–H and O–H groups in total. The van der Waals surface area contributed by atoms with Crippen LogP contribution in [-0.4, -0.2) is 30.8 Å². The van der Waals surface area contributed by atoms with Gasteiger partial charge in [0.25, 0.3) is 0 Å². The molecule has 0 bridgehead atoms. The Labute approximate surface area is 175 Å². The third-order valence-corrected chi connectivity index (χ3v) is 12.0. The van der Waals surface area contributed by atoms with E-state index in [0.29, 0.717) is 0 Å². The van der Waals surface area contributed by atoms with Gasteiger partial charge in [-0.15, -0.1) is 0 Å². The van der Waals surface area contributed by atoms with Gasteiger partial charge in [0.1, 0.15) is 0 Å². The van der Waals surface area contributed by atoms with E-state index in [9.17, 15) is 4.79 Å². The second-order valence-electron chi connectivity index (χ2n) is 6.82. The molecule has 0 aliphatic rings. The fourth-order valence-corrected chi connectivity index (χ4v) is 10.9. The van der Waals surface area contributed by atoms with Crippen LogP contribution in [0.5, 0.6) is 0 Å². The van der Waals surface area contributed by atoms with Crippen molar-refractivity contribution in [3.63, 3.8) is 0 Å². The average molecular weight is 478 g/mol. The summed E-state index contributed by atoms with van der Waals surface area (Å²) in [5.41, 5.74) is 4.73. The molecular formula is C25H27O2Sn. The van der Waals surface area contributed by atoms with Crippen molar-refractivity contribution in [3.05, 3.63) is 120 Å². The number of aliphatic carboxylic acids is 1. The quantitative estimate of drug-likeness (QED) is 0.361. The van der Waals surface area contributed by atoms with Crippen LogP contribution >= 0.6 is 0 Å². The van der Waals surface area contributed by atoms with Crippen LogP contribution in [0.4, 0.5) is 0 Å². The minimum absolute atomic E-state index is 0.176. The third-order valence-electron chi connectivity index (χ3n) is 4.26. The zero-order valence-electron chi connectivity index (χ0n) is 16.3. The Morgan fingerprint density at radius 3 is 1.18 bits per heavy atom. The van der Waals surface area contributed by atoms with Crippen LogP contribution in [0.15, 0.2) is 103 Å². The van der Waals surface area contributed by atoms with Gasteiger partial charge < -0.3 is 5.11 Å². The van der Waals surface area contributed by atoms with E-state index in [1.807, 2.05) is 0 Å². The Morgan fingerprint density at radius 2 is 0.964 bits per heavy atom. The van der Waals surface area contributed by atoms with Gasteiger partial charge in [0.2, 0.25) is 0 Å². The first-order chi connectivity index (χ1) is 13.5. The molecule has 0 saturated heterocycles. The summed E-state index contributed by atoms with van der Waals surface area (Å²) in [6.07, 6.45) is 0. The summed E-state index contributed by atoms with van der Waals surface area (Å²) in [6, 6.07) is 33.1. The molecule has 0 heterocycles. The maximum atomic E-state index is 9.60. The SMILES string of the molecule is C=C(C)C(=O)O.c1ccc([CH2][Sn]([CH2]c2ccccc2)[CH2]c2ccccc2)cc1. The summed E-state index contributed by atoms with van der Waals surface area (Å²) in [5.74, 6) is -0.935. The van der Waals surface area contributed by atoms with Gasteiger partial charge in [-0.25, -0.2) is 4.79 Å². The van der Waals surface area contributed by atoms with Crippen LogP contribution < -0.4 is 0 Å². The molecular weight excluding hydrogens is 451 g/mol. The second-order valence-corrected chi connectivity index (χ2v) is 14.1. The van der Waals surface area contributed by atoms with E-state index in [1.54, 1.807) is 0 Å². The Bertz CT molecular complexity index is 735. The maximum absolute atomic E-state index is 9.60. The molecule has 0 atom stereocenters. The van der Waals surface area contributed by atoms with Crippen molar-refractivity contribution in [2.24, 2.45) is 0 Å². The van der Waals surface area contributed by atoms with Gasteiger partial charge >= 0.3 is 147 Å². The topological polar surface area (TPSA) is 37.3 Å². The first kappa shape index (κ1) is 22.0. The molecule has 3 aromatic rings. The van der Waals surface area contributed by atoms with E-state index in [0.717, 1.165) is 0 Å². The van der Waals surface area contributed by atoms with E-state index in [1.165, 1.54) is 36.9 Å². The minimum atomic E-state index is -1.56. The molecule has 3 aromatic carbocycles. The summed E-state index contributed by atoms with van der Waals surface area (Å²) in [4.78, 5) is 9.60. The van der Waals surface area contributed by atoms with Crippen molar-refractivity contribution in [3.8, 4) is 0 Å². The number of hydrogen-bond acceptors (Lipinski definition) is 1. The molecule has 1 radical (unpaired) electrons. The average Bonchev–Trinajstić information content (AvgIpc) is 2.71. The summed E-state index contributed by atoms with van der Waals surface area (Å²) >= 11 is -1.56. The molecule has 0 saturated carbocycles. The number of benzene rings is 3. The standard InChI is InChI=1S/3C7H7.C4H6O2.Sn/c3*1-7-5-3-2-4-6-7;1-3(2)4(5)6;/h3*2-6H,1H2;1H2,2H3,(H,5,6);. The van der Waals surface area contributed by atoms with Gasteiger partial charge in [-0.3, -0.25) is 0 Å². The Hall–Kier alpha value is -2.33. The molecule has 0 aliphatic carbocycles. The van der Waals surface area contributed by atoms with Crippen LogP contribution in [0, 0.1) is 0 Å². The van der Waals surface area contributed by atoms with Crippen molar-refractivity contribution < 1.29 is 9.90 Å². The van der Waals surface area contributed by atoms with Crippen LogP contribution in [0.2, 0.25) is 0 Å². The van der Waals surface area contributed by atoms with Gasteiger partial charge in [-0.05, 0) is 6.92 Å². The first-order valence-electron chi connectivity index (χ1n) is 9.38. The molecule has 0 spiro atoms. The van der Waals surface area contributed by atoms with Crippen LogP contribution in [0.3, 0.4) is 0 Å². The van der Waals surface area contributed by atoms with Crippen LogP contribution in [0.1, 0.15) is 23.6 Å². The summed E-state index contributed by atoms with van der Waals surface area (Å²) in [5, 5.41) is 7.89. The Kier molecular flexibility index (Phi) is 9.56. The molecule has 3 heteroatoms.